The lowest BCUT2D eigenvalue weighted by atomic mass is 9.81. The summed E-state index contributed by atoms with van der Waals surface area (Å²) in [5.74, 6) is -3.71. The Morgan fingerprint density at radius 1 is 1.14 bits per heavy atom. The summed E-state index contributed by atoms with van der Waals surface area (Å²) in [4.78, 5) is 14.9. The fraction of sp³-hybridized carbons (Fsp3) is 0.250. The molecule has 35 heavy (non-hydrogen) atoms. The van der Waals surface area contributed by atoms with Crippen molar-refractivity contribution >= 4 is 27.5 Å². The van der Waals surface area contributed by atoms with Gasteiger partial charge in [-0.1, -0.05) is 29.8 Å². The summed E-state index contributed by atoms with van der Waals surface area (Å²) in [5.41, 5.74) is 0.884. The maximum Gasteiger partial charge on any atom is 0.283 e. The van der Waals surface area contributed by atoms with E-state index in [-0.39, 0.29) is 24.1 Å². The van der Waals surface area contributed by atoms with E-state index < -0.39 is 38.2 Å². The number of halogens is 3. The molecule has 2 N–H and O–H groups in total. The number of carbonyl (C=O) groups excluding carboxylic acids is 1. The molecule has 1 fully saturated rings. The summed E-state index contributed by atoms with van der Waals surface area (Å²) < 4.78 is 61.7. The first kappa shape index (κ1) is 25.0. The van der Waals surface area contributed by atoms with E-state index >= 15 is 0 Å². The number of ether oxygens (including phenoxy) is 1. The number of hydrogen-bond donors (Lipinski definition) is 2. The van der Waals surface area contributed by atoms with Crippen LogP contribution in [-0.2, 0) is 10.0 Å². The van der Waals surface area contributed by atoms with Crippen LogP contribution in [0.3, 0.4) is 0 Å². The molecule has 1 saturated heterocycles. The van der Waals surface area contributed by atoms with Gasteiger partial charge in [0.2, 0.25) is 0 Å². The van der Waals surface area contributed by atoms with Crippen LogP contribution in [0.25, 0.3) is 0 Å². The molecule has 2 unspecified atom stereocenters. The normalized spacial score (nSPS) is 18.1. The maximum absolute atomic E-state index is 14.7. The van der Waals surface area contributed by atoms with E-state index in [0.717, 1.165) is 18.5 Å². The molecule has 7 nitrogen and oxygen atoms in total. The molecule has 1 amide bonds. The second kappa shape index (κ2) is 10.7. The van der Waals surface area contributed by atoms with Crippen molar-refractivity contribution in [2.45, 2.75) is 17.2 Å². The van der Waals surface area contributed by atoms with Gasteiger partial charge < -0.3 is 10.1 Å². The quantitative estimate of drug-likeness (QED) is 0.489. The summed E-state index contributed by atoms with van der Waals surface area (Å²) in [5, 5.41) is 3.89. The third kappa shape index (κ3) is 5.95. The van der Waals surface area contributed by atoms with Gasteiger partial charge in [-0.25, -0.2) is 21.9 Å². The first-order valence-electron chi connectivity index (χ1n) is 10.8. The lowest BCUT2D eigenvalue weighted by Crippen LogP contribution is -2.38. The summed E-state index contributed by atoms with van der Waals surface area (Å²) in [6.07, 6.45) is 2.13. The Balaban J connectivity index is 1.48. The highest BCUT2D eigenvalue weighted by atomic mass is 35.5. The van der Waals surface area contributed by atoms with Gasteiger partial charge in [-0.3, -0.25) is 9.78 Å². The van der Waals surface area contributed by atoms with Crippen molar-refractivity contribution in [1.82, 2.24) is 15.0 Å². The number of carbonyl (C=O) groups is 1. The number of nitrogens with zero attached hydrogens (tertiary/aromatic N) is 1. The number of amides is 1. The molecule has 11 heteroatoms. The number of piperidine rings is 1. The Kier molecular flexibility index (Phi) is 7.63. The molecule has 0 aliphatic carbocycles. The predicted octanol–water partition coefficient (Wildman–Crippen LogP) is 3.90. The molecule has 184 valence electrons. The SMILES string of the molecule is O=C(NS(=O)(=O)c1cc(F)c(OCC2CNCCC2c2ccc(Cl)cc2)cc1F)c1ccccn1. The number of sulfonamides is 1. The first-order valence-corrected chi connectivity index (χ1v) is 12.7. The smallest absolute Gasteiger partial charge is 0.283 e. The van der Waals surface area contributed by atoms with Crippen molar-refractivity contribution in [2.24, 2.45) is 5.92 Å². The molecule has 2 heterocycles. The van der Waals surface area contributed by atoms with E-state index in [2.05, 4.69) is 10.3 Å². The molecule has 1 aliphatic rings. The molecule has 4 rings (SSSR count). The number of benzene rings is 2. The summed E-state index contributed by atoms with van der Waals surface area (Å²) in [6.45, 7) is 1.51. The van der Waals surface area contributed by atoms with Crippen molar-refractivity contribution in [3.05, 3.63) is 88.7 Å². The topological polar surface area (TPSA) is 97.4 Å². The molecular weight excluding hydrogens is 500 g/mol. The monoisotopic (exact) mass is 521 g/mol. The van der Waals surface area contributed by atoms with Crippen LogP contribution in [0.4, 0.5) is 8.78 Å². The second-order valence-corrected chi connectivity index (χ2v) is 10.2. The highest BCUT2D eigenvalue weighted by molar-refractivity contribution is 7.90. The van der Waals surface area contributed by atoms with Crippen molar-refractivity contribution < 1.29 is 26.7 Å². The van der Waals surface area contributed by atoms with Gasteiger partial charge in [0.05, 0.1) is 6.61 Å². The van der Waals surface area contributed by atoms with Crippen LogP contribution < -0.4 is 14.8 Å². The van der Waals surface area contributed by atoms with E-state index in [1.807, 2.05) is 12.1 Å². The standard InChI is InChI=1S/C24H22ClF2N3O4S/c25-17-6-4-15(5-7-17)18-8-10-28-13-16(18)14-34-22-11-20(27)23(12-19(22)26)35(32,33)30-24(31)21-3-1-2-9-29-21/h1-7,9,11-12,16,18,28H,8,10,13-14H2,(H,30,31). The maximum atomic E-state index is 14.7. The molecule has 3 aromatic rings. The molecule has 2 atom stereocenters. The van der Waals surface area contributed by atoms with E-state index in [1.165, 1.54) is 18.3 Å². The van der Waals surface area contributed by atoms with Gasteiger partial charge in [0.15, 0.2) is 11.6 Å². The predicted molar refractivity (Wildman–Crippen MR) is 126 cm³/mol. The molecule has 0 radical (unpaired) electrons. The van der Waals surface area contributed by atoms with Gasteiger partial charge in [-0.2, -0.15) is 0 Å². The van der Waals surface area contributed by atoms with Crippen molar-refractivity contribution in [2.75, 3.05) is 19.7 Å². The minimum absolute atomic E-state index is 0.0338. The molecule has 0 bridgehead atoms. The number of nitrogens with one attached hydrogen (secondary N) is 2. The Hall–Kier alpha value is -3.08. The summed E-state index contributed by atoms with van der Waals surface area (Å²) in [7, 11) is -4.69. The second-order valence-electron chi connectivity index (χ2n) is 8.08. The van der Waals surface area contributed by atoms with E-state index in [1.54, 1.807) is 22.9 Å². The van der Waals surface area contributed by atoms with E-state index in [9.17, 15) is 22.0 Å². The molecule has 1 aromatic heterocycles. The molecule has 0 saturated carbocycles. The van der Waals surface area contributed by atoms with Gasteiger partial charge in [-0.15, -0.1) is 0 Å². The third-order valence-corrected chi connectivity index (χ3v) is 7.36. The number of aromatic nitrogens is 1. The summed E-state index contributed by atoms with van der Waals surface area (Å²) in [6, 6.07) is 13.0. The number of pyridine rings is 1. The highest BCUT2D eigenvalue weighted by Gasteiger charge is 2.29. The van der Waals surface area contributed by atoms with Crippen LogP contribution in [0.1, 0.15) is 28.4 Å². The van der Waals surface area contributed by atoms with Crippen molar-refractivity contribution in [3.8, 4) is 5.75 Å². The Morgan fingerprint density at radius 3 is 2.63 bits per heavy atom. The van der Waals surface area contributed by atoms with Gasteiger partial charge in [0.25, 0.3) is 15.9 Å². The van der Waals surface area contributed by atoms with Crippen LogP contribution in [0.15, 0.2) is 65.7 Å². The molecule has 0 spiro atoms. The fourth-order valence-corrected chi connectivity index (χ4v) is 5.16. The number of hydrogen-bond acceptors (Lipinski definition) is 6. The van der Waals surface area contributed by atoms with Crippen molar-refractivity contribution in [3.63, 3.8) is 0 Å². The minimum atomic E-state index is -4.69. The Bertz CT molecular complexity index is 1310. The lowest BCUT2D eigenvalue weighted by molar-refractivity contribution is 0.0976. The minimum Gasteiger partial charge on any atom is -0.490 e. The lowest BCUT2D eigenvalue weighted by Gasteiger charge is -2.32. The Labute approximate surface area is 206 Å². The zero-order valence-electron chi connectivity index (χ0n) is 18.4. The largest absolute Gasteiger partial charge is 0.490 e. The van der Waals surface area contributed by atoms with Crippen LogP contribution in [0.2, 0.25) is 5.02 Å². The third-order valence-electron chi connectivity index (χ3n) is 5.76. The van der Waals surface area contributed by atoms with Gasteiger partial charge in [0, 0.05) is 35.8 Å². The van der Waals surface area contributed by atoms with Crippen molar-refractivity contribution in [1.29, 1.82) is 0 Å². The number of rotatable bonds is 7. The van der Waals surface area contributed by atoms with Gasteiger partial charge in [-0.05, 0) is 48.7 Å². The molecule has 2 aromatic carbocycles. The average Bonchev–Trinajstić information content (AvgIpc) is 2.85. The van der Waals surface area contributed by atoms with Crippen LogP contribution >= 0.6 is 11.6 Å². The van der Waals surface area contributed by atoms with Crippen LogP contribution in [-0.4, -0.2) is 39.0 Å². The van der Waals surface area contributed by atoms with Crippen LogP contribution in [0.5, 0.6) is 5.75 Å². The highest BCUT2D eigenvalue weighted by Crippen LogP contribution is 2.32. The first-order chi connectivity index (χ1) is 16.7. The fourth-order valence-electron chi connectivity index (χ4n) is 4.00. The van der Waals surface area contributed by atoms with Gasteiger partial charge >= 0.3 is 0 Å². The average molecular weight is 522 g/mol. The van der Waals surface area contributed by atoms with Crippen LogP contribution in [0, 0.1) is 17.6 Å². The van der Waals surface area contributed by atoms with Gasteiger partial charge in [0.1, 0.15) is 16.4 Å². The van der Waals surface area contributed by atoms with E-state index in [4.69, 9.17) is 16.3 Å². The molecule has 1 aliphatic heterocycles. The zero-order chi connectivity index (χ0) is 25.0. The molecular formula is C24H22ClF2N3O4S. The Morgan fingerprint density at radius 2 is 1.91 bits per heavy atom. The summed E-state index contributed by atoms with van der Waals surface area (Å²) >= 11 is 5.98. The van der Waals surface area contributed by atoms with E-state index in [0.29, 0.717) is 23.7 Å². The zero-order valence-corrected chi connectivity index (χ0v) is 20.0.